The van der Waals surface area contributed by atoms with Gasteiger partial charge in [-0.25, -0.2) is 4.79 Å². The van der Waals surface area contributed by atoms with Gasteiger partial charge in [0.15, 0.2) is 0 Å². The first-order valence-electron chi connectivity index (χ1n) is 6.61. The summed E-state index contributed by atoms with van der Waals surface area (Å²) in [5.41, 5.74) is 0.847. The summed E-state index contributed by atoms with van der Waals surface area (Å²) in [6.07, 6.45) is 1.63. The first kappa shape index (κ1) is 15.5. The van der Waals surface area contributed by atoms with E-state index in [0.29, 0.717) is 26.3 Å². The summed E-state index contributed by atoms with van der Waals surface area (Å²) < 4.78 is 6.19. The number of amides is 1. The smallest absolute Gasteiger partial charge is 0.335 e. The topological polar surface area (TPSA) is 70.8 Å². The lowest BCUT2D eigenvalue weighted by molar-refractivity contribution is -0.121. The Labute approximate surface area is 141 Å². The number of carbonyl (C=O) groups is 2. The Morgan fingerprint density at radius 3 is 2.78 bits per heavy atom. The van der Waals surface area contributed by atoms with Crippen LogP contribution in [0.1, 0.15) is 16.1 Å². The Kier molecular flexibility index (Phi) is 4.06. The Hall–Kier alpha value is -2.38. The van der Waals surface area contributed by atoms with Gasteiger partial charge in [0.2, 0.25) is 0 Å². The molecule has 0 unspecified atom stereocenters. The number of nitrogens with zero attached hydrogens (tertiary/aromatic N) is 1. The summed E-state index contributed by atoms with van der Waals surface area (Å²) >= 11 is 6.29. The Morgan fingerprint density at radius 1 is 1.35 bits per heavy atom. The standard InChI is InChI=1S/C16H11NO4S2/c1-17-14(18)13(23-16(17)22)8-11-5-6-12(21-11)9-3-2-4-10(7-9)15(19)20/h2-8H,1H3,(H,19,20)/b13-8+. The van der Waals surface area contributed by atoms with E-state index in [1.165, 1.54) is 28.8 Å². The molecule has 0 spiro atoms. The number of benzene rings is 1. The minimum Gasteiger partial charge on any atom is -0.478 e. The SMILES string of the molecule is CN1C(=O)/C(=C\c2ccc(-c3cccc(C(=O)O)c3)o2)SC1=S. The number of carbonyl (C=O) groups excluding carboxylic acids is 1. The molecular weight excluding hydrogens is 334 g/mol. The second-order valence-corrected chi connectivity index (χ2v) is 6.50. The fraction of sp³-hybridized carbons (Fsp3) is 0.0625. The summed E-state index contributed by atoms with van der Waals surface area (Å²) in [5, 5.41) is 9.03. The van der Waals surface area contributed by atoms with Gasteiger partial charge in [0, 0.05) is 18.7 Å². The van der Waals surface area contributed by atoms with Crippen LogP contribution in [0.25, 0.3) is 17.4 Å². The van der Waals surface area contributed by atoms with Crippen LogP contribution in [0.4, 0.5) is 0 Å². The van der Waals surface area contributed by atoms with Crippen molar-refractivity contribution in [3.05, 3.63) is 52.6 Å². The highest BCUT2D eigenvalue weighted by Gasteiger charge is 2.29. The number of likely N-dealkylation sites (N-methyl/N-ethyl adjacent to an activating group) is 1. The van der Waals surface area contributed by atoms with Crippen LogP contribution in [0.2, 0.25) is 0 Å². The van der Waals surface area contributed by atoms with Crippen molar-refractivity contribution in [2.75, 3.05) is 7.05 Å². The van der Waals surface area contributed by atoms with E-state index < -0.39 is 5.97 Å². The zero-order valence-electron chi connectivity index (χ0n) is 12.0. The minimum absolute atomic E-state index is 0.161. The number of rotatable bonds is 3. The van der Waals surface area contributed by atoms with Crippen molar-refractivity contribution in [2.45, 2.75) is 0 Å². The molecule has 0 aliphatic carbocycles. The van der Waals surface area contributed by atoms with Crippen LogP contribution in [0.5, 0.6) is 0 Å². The van der Waals surface area contributed by atoms with Gasteiger partial charge in [-0.15, -0.1) is 0 Å². The predicted octanol–water partition coefficient (Wildman–Crippen LogP) is 3.48. The third-order valence-electron chi connectivity index (χ3n) is 3.28. The molecule has 1 N–H and O–H groups in total. The number of thioether (sulfide) groups is 1. The van der Waals surface area contributed by atoms with Gasteiger partial charge >= 0.3 is 5.97 Å². The van der Waals surface area contributed by atoms with Gasteiger partial charge in [-0.05, 0) is 24.3 Å². The number of thiocarbonyl (C=S) groups is 1. The van der Waals surface area contributed by atoms with Gasteiger partial charge in [-0.1, -0.05) is 36.1 Å². The molecule has 1 amide bonds. The molecule has 1 aromatic carbocycles. The van der Waals surface area contributed by atoms with Crippen molar-refractivity contribution < 1.29 is 19.1 Å². The summed E-state index contributed by atoms with van der Waals surface area (Å²) in [6.45, 7) is 0. The van der Waals surface area contributed by atoms with E-state index in [-0.39, 0.29) is 11.5 Å². The second kappa shape index (κ2) is 6.02. The van der Waals surface area contributed by atoms with Crippen molar-refractivity contribution in [3.8, 4) is 11.3 Å². The molecule has 7 heteroatoms. The highest BCUT2D eigenvalue weighted by atomic mass is 32.2. The molecule has 116 valence electrons. The predicted molar refractivity (Wildman–Crippen MR) is 92.0 cm³/mol. The van der Waals surface area contributed by atoms with E-state index in [1.807, 2.05) is 0 Å². The fourth-order valence-corrected chi connectivity index (χ4v) is 3.23. The number of carboxylic acid groups (broad SMARTS) is 1. The molecule has 0 saturated carbocycles. The molecule has 1 aliphatic rings. The Morgan fingerprint density at radius 2 is 2.13 bits per heavy atom. The average Bonchev–Trinajstić information content (AvgIpc) is 3.09. The number of hydrogen-bond donors (Lipinski definition) is 1. The molecule has 2 heterocycles. The molecule has 1 aromatic heterocycles. The third-order valence-corrected chi connectivity index (χ3v) is 4.77. The van der Waals surface area contributed by atoms with Gasteiger partial charge in [-0.3, -0.25) is 9.69 Å². The molecule has 5 nitrogen and oxygen atoms in total. The van der Waals surface area contributed by atoms with Crippen LogP contribution in [0.15, 0.2) is 45.7 Å². The lowest BCUT2D eigenvalue weighted by Gasteiger charge is -2.03. The van der Waals surface area contributed by atoms with Gasteiger partial charge in [-0.2, -0.15) is 0 Å². The van der Waals surface area contributed by atoms with E-state index in [9.17, 15) is 9.59 Å². The highest BCUT2D eigenvalue weighted by molar-refractivity contribution is 8.26. The van der Waals surface area contributed by atoms with Gasteiger partial charge in [0.25, 0.3) is 5.91 Å². The quantitative estimate of drug-likeness (QED) is 0.678. The molecule has 1 fully saturated rings. The minimum atomic E-state index is -0.995. The van der Waals surface area contributed by atoms with Crippen LogP contribution >= 0.6 is 24.0 Å². The fourth-order valence-electron chi connectivity index (χ4n) is 2.07. The molecule has 2 aromatic rings. The molecule has 3 rings (SSSR count). The number of hydrogen-bond acceptors (Lipinski definition) is 5. The van der Waals surface area contributed by atoms with Crippen molar-refractivity contribution in [1.29, 1.82) is 0 Å². The van der Waals surface area contributed by atoms with E-state index in [4.69, 9.17) is 21.7 Å². The van der Waals surface area contributed by atoms with Crippen LogP contribution in [0, 0.1) is 0 Å². The van der Waals surface area contributed by atoms with E-state index in [2.05, 4.69) is 0 Å². The lowest BCUT2D eigenvalue weighted by Crippen LogP contribution is -2.22. The van der Waals surface area contributed by atoms with Crippen molar-refractivity contribution in [1.82, 2.24) is 4.90 Å². The number of carboxylic acids is 1. The Balaban J connectivity index is 1.90. The first-order valence-corrected chi connectivity index (χ1v) is 7.83. The van der Waals surface area contributed by atoms with Crippen LogP contribution in [-0.4, -0.2) is 33.3 Å². The number of furan rings is 1. The number of aromatic carboxylic acids is 1. The summed E-state index contributed by atoms with van der Waals surface area (Å²) in [5.74, 6) is -0.114. The summed E-state index contributed by atoms with van der Waals surface area (Å²) in [6, 6.07) is 9.94. The Bertz CT molecular complexity index is 853. The second-order valence-electron chi connectivity index (χ2n) is 4.83. The van der Waals surface area contributed by atoms with Crippen molar-refractivity contribution >= 4 is 46.3 Å². The summed E-state index contributed by atoms with van der Waals surface area (Å²) in [7, 11) is 1.63. The molecular formula is C16H11NO4S2. The third kappa shape index (κ3) is 3.06. The van der Waals surface area contributed by atoms with Crippen LogP contribution < -0.4 is 0 Å². The largest absolute Gasteiger partial charge is 0.478 e. The molecule has 0 radical (unpaired) electrons. The maximum atomic E-state index is 12.0. The zero-order chi connectivity index (χ0) is 16.6. The van der Waals surface area contributed by atoms with E-state index in [0.717, 1.165) is 0 Å². The maximum absolute atomic E-state index is 12.0. The molecule has 23 heavy (non-hydrogen) atoms. The monoisotopic (exact) mass is 345 g/mol. The van der Waals surface area contributed by atoms with Crippen molar-refractivity contribution in [3.63, 3.8) is 0 Å². The first-order chi connectivity index (χ1) is 11.0. The van der Waals surface area contributed by atoms with Gasteiger partial charge in [0.1, 0.15) is 15.8 Å². The van der Waals surface area contributed by atoms with E-state index >= 15 is 0 Å². The van der Waals surface area contributed by atoms with E-state index in [1.54, 1.807) is 37.4 Å². The normalized spacial score (nSPS) is 16.4. The average molecular weight is 345 g/mol. The highest BCUT2D eigenvalue weighted by Crippen LogP contribution is 2.32. The molecule has 0 atom stereocenters. The molecule has 0 bridgehead atoms. The molecule has 1 aliphatic heterocycles. The zero-order valence-corrected chi connectivity index (χ0v) is 13.6. The van der Waals surface area contributed by atoms with Gasteiger partial charge < -0.3 is 9.52 Å². The van der Waals surface area contributed by atoms with Crippen LogP contribution in [0.3, 0.4) is 0 Å². The maximum Gasteiger partial charge on any atom is 0.335 e. The van der Waals surface area contributed by atoms with Gasteiger partial charge in [0.05, 0.1) is 10.5 Å². The van der Waals surface area contributed by atoms with Crippen molar-refractivity contribution in [2.24, 2.45) is 0 Å². The molecule has 1 saturated heterocycles. The lowest BCUT2D eigenvalue weighted by atomic mass is 10.1. The summed E-state index contributed by atoms with van der Waals surface area (Å²) in [4.78, 5) is 24.9. The van der Waals surface area contributed by atoms with Crippen LogP contribution in [-0.2, 0) is 4.79 Å².